The van der Waals surface area contributed by atoms with Gasteiger partial charge in [-0.1, -0.05) is 23.7 Å². The van der Waals surface area contributed by atoms with Crippen LogP contribution in [-0.2, 0) is 22.4 Å². The first kappa shape index (κ1) is 24.7. The molecule has 0 spiro atoms. The van der Waals surface area contributed by atoms with Gasteiger partial charge in [0.1, 0.15) is 11.5 Å². The van der Waals surface area contributed by atoms with Gasteiger partial charge in [0.15, 0.2) is 0 Å². The van der Waals surface area contributed by atoms with Crippen LogP contribution in [0.2, 0.25) is 5.02 Å². The summed E-state index contributed by atoms with van der Waals surface area (Å²) in [5.74, 6) is -1.31. The van der Waals surface area contributed by atoms with Crippen molar-refractivity contribution in [2.24, 2.45) is 5.41 Å². The molecule has 0 radical (unpaired) electrons. The quantitative estimate of drug-likeness (QED) is 0.552. The van der Waals surface area contributed by atoms with Crippen molar-refractivity contribution < 1.29 is 37.3 Å². The largest absolute Gasteiger partial charge is 0.573 e. The minimum atomic E-state index is -4.83. The van der Waals surface area contributed by atoms with E-state index in [4.69, 9.17) is 16.3 Å². The molecule has 1 amide bonds. The minimum absolute atomic E-state index is 0.0708. The van der Waals surface area contributed by atoms with Crippen molar-refractivity contribution >= 4 is 29.2 Å². The summed E-state index contributed by atoms with van der Waals surface area (Å²) in [5, 5.41) is 9.63. The number of halogens is 4. The predicted octanol–water partition coefficient (Wildman–Crippen LogP) is 5.25. The molecule has 0 saturated heterocycles. The van der Waals surface area contributed by atoms with Crippen molar-refractivity contribution in [2.75, 3.05) is 18.1 Å². The Morgan fingerprint density at radius 3 is 2.55 bits per heavy atom. The maximum absolute atomic E-state index is 13.0. The summed E-state index contributed by atoms with van der Waals surface area (Å²) in [4.78, 5) is 25.7. The number of nitrogens with zero attached hydrogens (tertiary/aromatic N) is 1. The van der Waals surface area contributed by atoms with Crippen LogP contribution in [-0.4, -0.2) is 36.5 Å². The number of ether oxygens (including phenoxy) is 2. The van der Waals surface area contributed by atoms with Crippen molar-refractivity contribution in [1.29, 1.82) is 0 Å². The number of aliphatic carboxylic acids is 1. The third-order valence-electron chi connectivity index (χ3n) is 5.42. The molecule has 2 aromatic carbocycles. The van der Waals surface area contributed by atoms with Crippen LogP contribution in [0.4, 0.5) is 18.9 Å². The molecule has 3 rings (SSSR count). The number of fused-ring (bicyclic) bond motifs is 1. The second kappa shape index (κ2) is 9.51. The van der Waals surface area contributed by atoms with E-state index in [1.54, 1.807) is 32.0 Å². The minimum Gasteiger partial charge on any atom is -0.493 e. The number of carboxylic acids is 1. The molecule has 0 aromatic heterocycles. The van der Waals surface area contributed by atoms with Crippen LogP contribution in [0.25, 0.3) is 0 Å². The fourth-order valence-corrected chi connectivity index (χ4v) is 3.57. The number of benzene rings is 2. The Kier molecular flexibility index (Phi) is 7.11. The summed E-state index contributed by atoms with van der Waals surface area (Å²) in [5.41, 5.74) is 0.681. The Labute approximate surface area is 193 Å². The molecule has 0 atom stereocenters. The Morgan fingerprint density at radius 1 is 1.15 bits per heavy atom. The smallest absolute Gasteiger partial charge is 0.493 e. The van der Waals surface area contributed by atoms with Gasteiger partial charge in [0.05, 0.1) is 24.1 Å². The second-order valence-corrected chi connectivity index (χ2v) is 8.79. The van der Waals surface area contributed by atoms with Crippen LogP contribution in [0, 0.1) is 5.41 Å². The van der Waals surface area contributed by atoms with Gasteiger partial charge in [0.25, 0.3) is 0 Å². The van der Waals surface area contributed by atoms with E-state index < -0.39 is 23.5 Å². The van der Waals surface area contributed by atoms with Gasteiger partial charge in [-0.05, 0) is 50.5 Å². The molecule has 178 valence electrons. The highest BCUT2D eigenvalue weighted by atomic mass is 35.5. The molecule has 6 nitrogen and oxygen atoms in total. The lowest BCUT2D eigenvalue weighted by atomic mass is 9.90. The summed E-state index contributed by atoms with van der Waals surface area (Å²) in [6.07, 6.45) is -4.14. The Morgan fingerprint density at radius 2 is 1.88 bits per heavy atom. The van der Waals surface area contributed by atoms with Crippen molar-refractivity contribution in [3.8, 4) is 11.5 Å². The van der Waals surface area contributed by atoms with Gasteiger partial charge in [-0.3, -0.25) is 9.59 Å². The fraction of sp³-hybridized carbons (Fsp3) is 0.391. The number of carboxylic acid groups (broad SMARTS) is 1. The van der Waals surface area contributed by atoms with Gasteiger partial charge in [0.2, 0.25) is 5.91 Å². The molecule has 1 aliphatic heterocycles. The zero-order valence-electron chi connectivity index (χ0n) is 18.0. The summed E-state index contributed by atoms with van der Waals surface area (Å²) in [6.45, 7) is 3.61. The standard InChI is InChI=1S/C23H23ClF3NO5/c1-22(2,21(30)31)8-10-32-19-12-16(24)5-3-15(19)11-20(29)28-9-7-14-4-6-17(13-18(14)28)33-23(25,26)27/h3-6,12-13H,7-11H2,1-2H3,(H,30,31). The Bertz CT molecular complexity index is 1050. The highest BCUT2D eigenvalue weighted by molar-refractivity contribution is 6.30. The average Bonchev–Trinajstić information content (AvgIpc) is 3.11. The molecule has 2 aromatic rings. The first-order valence-corrected chi connectivity index (χ1v) is 10.6. The number of hydrogen-bond acceptors (Lipinski definition) is 4. The third-order valence-corrected chi connectivity index (χ3v) is 5.66. The van der Waals surface area contributed by atoms with E-state index in [2.05, 4.69) is 4.74 Å². The van der Waals surface area contributed by atoms with Crippen LogP contribution in [0.1, 0.15) is 31.4 Å². The molecule has 1 heterocycles. The molecule has 33 heavy (non-hydrogen) atoms. The number of rotatable bonds is 8. The van der Waals surface area contributed by atoms with Crippen LogP contribution in [0.3, 0.4) is 0 Å². The monoisotopic (exact) mass is 485 g/mol. The number of anilines is 1. The van der Waals surface area contributed by atoms with Crippen molar-refractivity contribution in [3.05, 3.63) is 52.5 Å². The van der Waals surface area contributed by atoms with E-state index in [1.807, 2.05) is 0 Å². The van der Waals surface area contributed by atoms with E-state index in [1.165, 1.54) is 23.1 Å². The van der Waals surface area contributed by atoms with Crippen LogP contribution in [0.15, 0.2) is 36.4 Å². The number of carbonyl (C=O) groups is 2. The molecule has 0 saturated carbocycles. The van der Waals surface area contributed by atoms with Crippen LogP contribution < -0.4 is 14.4 Å². The van der Waals surface area contributed by atoms with Gasteiger partial charge in [-0.15, -0.1) is 13.2 Å². The normalized spacial score (nSPS) is 13.6. The van der Waals surface area contributed by atoms with E-state index in [9.17, 15) is 27.9 Å². The maximum atomic E-state index is 13.0. The average molecular weight is 486 g/mol. The molecule has 1 aliphatic rings. The molecule has 0 unspecified atom stereocenters. The van der Waals surface area contributed by atoms with E-state index >= 15 is 0 Å². The van der Waals surface area contributed by atoms with Gasteiger partial charge in [-0.2, -0.15) is 0 Å². The number of alkyl halides is 3. The molecule has 0 aliphatic carbocycles. The third kappa shape index (κ3) is 6.31. The molecule has 1 N–H and O–H groups in total. The first-order valence-electron chi connectivity index (χ1n) is 10.2. The Hall–Kier alpha value is -2.94. The van der Waals surface area contributed by atoms with Gasteiger partial charge in [-0.25, -0.2) is 0 Å². The SMILES string of the molecule is CC(C)(CCOc1cc(Cl)ccc1CC(=O)N1CCc2ccc(OC(F)(F)F)cc21)C(=O)O. The van der Waals surface area contributed by atoms with Crippen LogP contribution in [0.5, 0.6) is 11.5 Å². The summed E-state index contributed by atoms with van der Waals surface area (Å²) in [7, 11) is 0. The lowest BCUT2D eigenvalue weighted by Gasteiger charge is -2.21. The van der Waals surface area contributed by atoms with E-state index in [0.29, 0.717) is 35.0 Å². The second-order valence-electron chi connectivity index (χ2n) is 8.35. The maximum Gasteiger partial charge on any atom is 0.573 e. The topological polar surface area (TPSA) is 76.1 Å². The molecular weight excluding hydrogens is 463 g/mol. The fourth-order valence-electron chi connectivity index (χ4n) is 3.41. The molecular formula is C23H23ClF3NO5. The van der Waals surface area contributed by atoms with Gasteiger partial charge < -0.3 is 19.5 Å². The number of hydrogen-bond donors (Lipinski definition) is 1. The van der Waals surface area contributed by atoms with Crippen LogP contribution >= 0.6 is 11.6 Å². The zero-order chi connectivity index (χ0) is 24.4. The number of carbonyl (C=O) groups excluding carboxylic acids is 1. The highest BCUT2D eigenvalue weighted by Crippen LogP contribution is 2.35. The van der Waals surface area contributed by atoms with Crippen molar-refractivity contribution in [3.63, 3.8) is 0 Å². The Balaban J connectivity index is 1.74. The zero-order valence-corrected chi connectivity index (χ0v) is 18.8. The summed E-state index contributed by atoms with van der Waals surface area (Å²) in [6, 6.07) is 8.74. The van der Waals surface area contributed by atoms with Crippen molar-refractivity contribution in [1.82, 2.24) is 0 Å². The van der Waals surface area contributed by atoms with Gasteiger partial charge in [0, 0.05) is 23.2 Å². The van der Waals surface area contributed by atoms with Gasteiger partial charge >= 0.3 is 12.3 Å². The summed E-state index contributed by atoms with van der Waals surface area (Å²) < 4.78 is 47.4. The lowest BCUT2D eigenvalue weighted by molar-refractivity contribution is -0.274. The number of amides is 1. The lowest BCUT2D eigenvalue weighted by Crippen LogP contribution is -2.30. The molecule has 0 fully saturated rings. The van der Waals surface area contributed by atoms with E-state index in [0.717, 1.165) is 5.56 Å². The molecule has 10 heteroatoms. The molecule has 0 bridgehead atoms. The highest BCUT2D eigenvalue weighted by Gasteiger charge is 2.33. The predicted molar refractivity (Wildman–Crippen MR) is 116 cm³/mol. The summed E-state index contributed by atoms with van der Waals surface area (Å²) >= 11 is 6.06. The van der Waals surface area contributed by atoms with Crippen molar-refractivity contribution in [2.45, 2.75) is 39.5 Å². The first-order chi connectivity index (χ1) is 15.4. The van der Waals surface area contributed by atoms with E-state index in [-0.39, 0.29) is 25.4 Å².